The Bertz CT molecular complexity index is 1530. The van der Waals surface area contributed by atoms with Crippen LogP contribution in [0.15, 0.2) is 42.6 Å². The fourth-order valence-electron chi connectivity index (χ4n) is 5.99. The molecular formula is C32H39ClN8O3. The van der Waals surface area contributed by atoms with Crippen LogP contribution in [0.5, 0.6) is 0 Å². The van der Waals surface area contributed by atoms with Crippen molar-refractivity contribution in [2.24, 2.45) is 0 Å². The molecule has 0 aliphatic carbocycles. The Balaban J connectivity index is 1.12. The van der Waals surface area contributed by atoms with E-state index in [1.165, 1.54) is 0 Å². The smallest absolute Gasteiger partial charge is 0.255 e. The number of fused-ring (bicyclic) bond motifs is 1. The van der Waals surface area contributed by atoms with Gasteiger partial charge in [-0.2, -0.15) is 0 Å². The van der Waals surface area contributed by atoms with Gasteiger partial charge in [0.05, 0.1) is 28.6 Å². The molecule has 3 N–H and O–H groups in total. The van der Waals surface area contributed by atoms with Gasteiger partial charge in [-0.15, -0.1) is 0 Å². The molecule has 6 rings (SSSR count). The average molecular weight is 619 g/mol. The molecular weight excluding hydrogens is 580 g/mol. The van der Waals surface area contributed by atoms with Crippen LogP contribution >= 0.6 is 11.6 Å². The highest BCUT2D eigenvalue weighted by Crippen LogP contribution is 2.32. The third kappa shape index (κ3) is 6.50. The summed E-state index contributed by atoms with van der Waals surface area (Å²) in [6.07, 6.45) is 3.34. The number of nitrogens with one attached hydrogen (secondary N) is 3. The van der Waals surface area contributed by atoms with Crippen LogP contribution in [-0.4, -0.2) is 82.6 Å². The zero-order valence-corrected chi connectivity index (χ0v) is 26.1. The first-order valence-corrected chi connectivity index (χ1v) is 15.7. The monoisotopic (exact) mass is 618 g/mol. The van der Waals surface area contributed by atoms with Gasteiger partial charge in [0.25, 0.3) is 5.91 Å². The lowest BCUT2D eigenvalue weighted by atomic mass is 10.0. The van der Waals surface area contributed by atoms with E-state index >= 15 is 0 Å². The normalized spacial score (nSPS) is 20.3. The number of amides is 2. The molecule has 0 spiro atoms. The number of carbonyl (C=O) groups is 2. The maximum atomic E-state index is 13.6. The number of nitrogens with zero attached hydrogens (tertiary/aromatic N) is 5. The Morgan fingerprint density at radius 3 is 2.77 bits per heavy atom. The van der Waals surface area contributed by atoms with Gasteiger partial charge < -0.3 is 30.5 Å². The van der Waals surface area contributed by atoms with Crippen LogP contribution in [0.3, 0.4) is 0 Å². The van der Waals surface area contributed by atoms with Gasteiger partial charge in [-0.25, -0.2) is 15.0 Å². The van der Waals surface area contributed by atoms with E-state index in [1.54, 1.807) is 18.0 Å². The number of ether oxygens (including phenoxy) is 1. The number of carbonyl (C=O) groups excluding carboxylic acids is 2. The van der Waals surface area contributed by atoms with Crippen LogP contribution in [-0.2, 0) is 16.1 Å². The summed E-state index contributed by atoms with van der Waals surface area (Å²) in [5.41, 5.74) is 3.45. The summed E-state index contributed by atoms with van der Waals surface area (Å²) in [6.45, 7) is 10.3. The first kappa shape index (κ1) is 30.2. The topological polar surface area (TPSA) is 125 Å². The van der Waals surface area contributed by atoms with E-state index in [2.05, 4.69) is 37.7 Å². The molecule has 1 aromatic carbocycles. The van der Waals surface area contributed by atoms with Gasteiger partial charge in [-0.3, -0.25) is 9.59 Å². The quantitative estimate of drug-likeness (QED) is 0.346. The molecule has 0 saturated carbocycles. The van der Waals surface area contributed by atoms with Crippen molar-refractivity contribution in [1.29, 1.82) is 0 Å². The predicted octanol–water partition coefficient (Wildman–Crippen LogP) is 3.80. The molecule has 3 atom stereocenters. The fourth-order valence-corrected chi connectivity index (χ4v) is 6.19. The lowest BCUT2D eigenvalue weighted by molar-refractivity contribution is -0.125. The molecule has 3 aliphatic rings. The second-order valence-electron chi connectivity index (χ2n) is 11.9. The number of piperazine rings is 1. The molecule has 2 amide bonds. The average Bonchev–Trinajstić information content (AvgIpc) is 3.37. The fraction of sp³-hybridized carbons (Fsp3) is 0.469. The molecule has 3 aromatic rings. The highest BCUT2D eigenvalue weighted by atomic mass is 35.5. The molecule has 232 valence electrons. The number of aromatic nitrogens is 3. The van der Waals surface area contributed by atoms with Gasteiger partial charge in [0.15, 0.2) is 0 Å². The molecule has 2 fully saturated rings. The zero-order valence-electron chi connectivity index (χ0n) is 25.3. The third-order valence-electron chi connectivity index (χ3n) is 8.61. The Kier molecular flexibility index (Phi) is 8.97. The lowest BCUT2D eigenvalue weighted by Crippen LogP contribution is -2.49. The van der Waals surface area contributed by atoms with Crippen LogP contribution in [0.2, 0.25) is 5.02 Å². The molecule has 2 saturated heterocycles. The first-order chi connectivity index (χ1) is 21.3. The van der Waals surface area contributed by atoms with E-state index in [0.29, 0.717) is 48.0 Å². The lowest BCUT2D eigenvalue weighted by Gasteiger charge is -2.33. The van der Waals surface area contributed by atoms with Crippen molar-refractivity contribution in [2.75, 3.05) is 43.1 Å². The molecule has 44 heavy (non-hydrogen) atoms. The van der Waals surface area contributed by atoms with Gasteiger partial charge in [-0.05, 0) is 57.4 Å². The number of pyridine rings is 1. The standard InChI is InChI=1S/C32H39ClN8O3/c1-19-17-40(12-11-34-19)28-6-4-5-27(38-28)20(2)36-30(42)21(3)41-18-23-8-7-22(15-25(23)31(41)43)29-26(33)16-35-32(39-29)37-24-9-13-44-14-10-24/h4-8,15-16,19-21,24,34H,9-14,17-18H2,1-3H3,(H,36,42)(H,35,37,39)/t19-,20?,21?/m0/s1. The van der Waals surface area contributed by atoms with Crippen LogP contribution in [0.25, 0.3) is 11.3 Å². The zero-order chi connectivity index (χ0) is 30.8. The van der Waals surface area contributed by atoms with Crippen molar-refractivity contribution in [1.82, 2.24) is 30.5 Å². The largest absolute Gasteiger partial charge is 0.381 e. The summed E-state index contributed by atoms with van der Waals surface area (Å²) < 4.78 is 5.44. The molecule has 2 unspecified atom stereocenters. The maximum Gasteiger partial charge on any atom is 0.255 e. The van der Waals surface area contributed by atoms with Crippen LogP contribution in [0, 0.1) is 0 Å². The van der Waals surface area contributed by atoms with E-state index in [1.807, 2.05) is 43.3 Å². The van der Waals surface area contributed by atoms with Crippen molar-refractivity contribution in [3.05, 3.63) is 64.4 Å². The number of rotatable bonds is 8. The Hall–Kier alpha value is -3.80. The molecule has 3 aliphatic heterocycles. The number of benzene rings is 1. The van der Waals surface area contributed by atoms with Gasteiger partial charge in [0.1, 0.15) is 11.9 Å². The van der Waals surface area contributed by atoms with Crippen molar-refractivity contribution < 1.29 is 14.3 Å². The van der Waals surface area contributed by atoms with Crippen LogP contribution < -0.4 is 20.9 Å². The SMILES string of the molecule is CC(NC(=O)C(C)N1Cc2ccc(-c3nc(NC4CCOCC4)ncc3Cl)cc2C1=O)c1cccc(N2CCN[C@@H](C)C2)n1. The van der Waals surface area contributed by atoms with Gasteiger partial charge >= 0.3 is 0 Å². The van der Waals surface area contributed by atoms with Crippen molar-refractivity contribution in [3.63, 3.8) is 0 Å². The van der Waals surface area contributed by atoms with Crippen LogP contribution in [0.4, 0.5) is 11.8 Å². The van der Waals surface area contributed by atoms with E-state index in [4.69, 9.17) is 21.3 Å². The van der Waals surface area contributed by atoms with E-state index in [9.17, 15) is 9.59 Å². The first-order valence-electron chi connectivity index (χ1n) is 15.3. The second kappa shape index (κ2) is 13.1. The summed E-state index contributed by atoms with van der Waals surface area (Å²) in [5.74, 6) is 0.966. The minimum absolute atomic E-state index is 0.198. The van der Waals surface area contributed by atoms with Gasteiger partial charge in [0.2, 0.25) is 11.9 Å². The van der Waals surface area contributed by atoms with Crippen molar-refractivity contribution in [2.45, 2.75) is 64.3 Å². The summed E-state index contributed by atoms with van der Waals surface area (Å²) in [6, 6.07) is 11.2. The van der Waals surface area contributed by atoms with Crippen molar-refractivity contribution in [3.8, 4) is 11.3 Å². The highest BCUT2D eigenvalue weighted by molar-refractivity contribution is 6.33. The molecule has 2 aromatic heterocycles. The Morgan fingerprint density at radius 1 is 1.16 bits per heavy atom. The third-order valence-corrected chi connectivity index (χ3v) is 8.89. The minimum Gasteiger partial charge on any atom is -0.381 e. The highest BCUT2D eigenvalue weighted by Gasteiger charge is 2.35. The van der Waals surface area contributed by atoms with Gasteiger partial charge in [0, 0.05) is 62.6 Å². The van der Waals surface area contributed by atoms with E-state index < -0.39 is 6.04 Å². The van der Waals surface area contributed by atoms with Crippen molar-refractivity contribution >= 4 is 35.2 Å². The number of anilines is 2. The predicted molar refractivity (Wildman–Crippen MR) is 170 cm³/mol. The Morgan fingerprint density at radius 2 is 1.98 bits per heavy atom. The molecule has 0 bridgehead atoms. The molecule has 5 heterocycles. The van der Waals surface area contributed by atoms with E-state index in [0.717, 1.165) is 55.1 Å². The molecule has 12 heteroatoms. The minimum atomic E-state index is -0.670. The van der Waals surface area contributed by atoms with E-state index in [-0.39, 0.29) is 23.9 Å². The number of hydrogen-bond donors (Lipinski definition) is 3. The summed E-state index contributed by atoms with van der Waals surface area (Å²) >= 11 is 6.51. The Labute approximate surface area is 262 Å². The number of halogens is 1. The molecule has 0 radical (unpaired) electrons. The molecule has 11 nitrogen and oxygen atoms in total. The number of hydrogen-bond acceptors (Lipinski definition) is 9. The summed E-state index contributed by atoms with van der Waals surface area (Å²) in [7, 11) is 0. The summed E-state index contributed by atoms with van der Waals surface area (Å²) in [4.78, 5) is 44.7. The second-order valence-corrected chi connectivity index (χ2v) is 12.3. The summed E-state index contributed by atoms with van der Waals surface area (Å²) in [5, 5.41) is 10.3. The maximum absolute atomic E-state index is 13.6. The van der Waals surface area contributed by atoms with Crippen LogP contribution in [0.1, 0.15) is 61.3 Å². The van der Waals surface area contributed by atoms with Gasteiger partial charge in [-0.1, -0.05) is 29.8 Å².